The van der Waals surface area contributed by atoms with Crippen LogP contribution in [0.15, 0.2) is 65.6 Å². The number of rotatable bonds is 9. The van der Waals surface area contributed by atoms with Crippen molar-refractivity contribution in [3.05, 3.63) is 88.5 Å². The molecule has 0 atom stereocenters. The number of anilines is 1. The van der Waals surface area contributed by atoms with Gasteiger partial charge >= 0.3 is 0 Å². The Morgan fingerprint density at radius 2 is 1.50 bits per heavy atom. The van der Waals surface area contributed by atoms with Gasteiger partial charge in [-0.1, -0.05) is 41.5 Å². The lowest BCUT2D eigenvalue weighted by molar-refractivity contribution is -0.119. The maximum Gasteiger partial charge on any atom is 0.264 e. The van der Waals surface area contributed by atoms with Crippen LogP contribution < -0.4 is 14.4 Å². The lowest BCUT2D eigenvalue weighted by Gasteiger charge is -2.26. The Morgan fingerprint density at radius 1 is 0.824 bits per heavy atom. The Hall–Kier alpha value is -3.32. The van der Waals surface area contributed by atoms with Crippen LogP contribution in [-0.4, -0.2) is 34.0 Å². The van der Waals surface area contributed by atoms with Crippen LogP contribution in [0.3, 0.4) is 0 Å². The molecular formula is C27H32N2O4S. The molecule has 0 heterocycles. The van der Waals surface area contributed by atoms with Crippen LogP contribution in [0.4, 0.5) is 5.69 Å². The normalized spacial score (nSPS) is 11.2. The molecule has 0 bridgehead atoms. The standard InChI is InChI=1S/C27H32N2O4S/c1-19-6-11-25(12-7-19)34(31,32)29(26-13-8-20(2)16-23(26)5)18-27(30)28-14-15-33-24-10-9-21(3)22(4)17-24/h6-13,16-17H,14-15,18H2,1-5H3,(H,28,30). The molecule has 180 valence electrons. The molecule has 0 unspecified atom stereocenters. The van der Waals surface area contributed by atoms with Crippen LogP contribution in [0.2, 0.25) is 0 Å². The molecule has 3 rings (SSSR count). The van der Waals surface area contributed by atoms with Gasteiger partial charge < -0.3 is 10.1 Å². The molecule has 0 spiro atoms. The second kappa shape index (κ2) is 10.7. The molecule has 0 saturated carbocycles. The molecule has 1 N–H and O–H groups in total. The Labute approximate surface area is 202 Å². The topological polar surface area (TPSA) is 75.7 Å². The average Bonchev–Trinajstić information content (AvgIpc) is 2.78. The van der Waals surface area contributed by atoms with Crippen molar-refractivity contribution < 1.29 is 17.9 Å². The molecule has 0 fully saturated rings. The summed E-state index contributed by atoms with van der Waals surface area (Å²) in [6, 6.07) is 17.9. The van der Waals surface area contributed by atoms with Crippen molar-refractivity contribution >= 4 is 21.6 Å². The number of benzene rings is 3. The molecule has 0 aliphatic heterocycles. The maximum absolute atomic E-state index is 13.5. The predicted molar refractivity (Wildman–Crippen MR) is 136 cm³/mol. The number of nitrogens with one attached hydrogen (secondary N) is 1. The van der Waals surface area contributed by atoms with Gasteiger partial charge in [-0.05, 0) is 81.6 Å². The largest absolute Gasteiger partial charge is 0.492 e. The fraction of sp³-hybridized carbons (Fsp3) is 0.296. The summed E-state index contributed by atoms with van der Waals surface area (Å²) < 4.78 is 33.9. The molecule has 3 aromatic carbocycles. The Kier molecular flexibility index (Phi) is 7.99. The monoisotopic (exact) mass is 480 g/mol. The number of ether oxygens (including phenoxy) is 1. The highest BCUT2D eigenvalue weighted by atomic mass is 32.2. The minimum Gasteiger partial charge on any atom is -0.492 e. The van der Waals surface area contributed by atoms with Gasteiger partial charge in [0.25, 0.3) is 10.0 Å². The summed E-state index contributed by atoms with van der Waals surface area (Å²) in [7, 11) is -3.94. The molecule has 0 saturated heterocycles. The molecule has 0 aromatic heterocycles. The third kappa shape index (κ3) is 6.17. The zero-order valence-electron chi connectivity index (χ0n) is 20.4. The number of carbonyl (C=O) groups is 1. The van der Waals surface area contributed by atoms with Crippen molar-refractivity contribution in [2.75, 3.05) is 24.0 Å². The zero-order chi connectivity index (χ0) is 24.9. The predicted octanol–water partition coefficient (Wildman–Crippen LogP) is 4.62. The summed E-state index contributed by atoms with van der Waals surface area (Å²) in [5.41, 5.74) is 5.54. The van der Waals surface area contributed by atoms with E-state index < -0.39 is 15.9 Å². The lowest BCUT2D eigenvalue weighted by atomic mass is 10.1. The van der Waals surface area contributed by atoms with Gasteiger partial charge in [0.05, 0.1) is 17.1 Å². The van der Waals surface area contributed by atoms with Crippen molar-refractivity contribution in [1.82, 2.24) is 5.32 Å². The smallest absolute Gasteiger partial charge is 0.264 e. The lowest BCUT2D eigenvalue weighted by Crippen LogP contribution is -2.42. The van der Waals surface area contributed by atoms with Gasteiger partial charge in [-0.2, -0.15) is 0 Å². The molecule has 6 nitrogen and oxygen atoms in total. The van der Waals surface area contributed by atoms with Crippen LogP contribution >= 0.6 is 0 Å². The van der Waals surface area contributed by atoms with Gasteiger partial charge in [-0.15, -0.1) is 0 Å². The van der Waals surface area contributed by atoms with E-state index in [1.165, 1.54) is 9.87 Å². The third-order valence-electron chi connectivity index (χ3n) is 5.69. The number of nitrogens with zero attached hydrogens (tertiary/aromatic N) is 1. The fourth-order valence-electron chi connectivity index (χ4n) is 3.57. The van der Waals surface area contributed by atoms with Crippen molar-refractivity contribution in [3.63, 3.8) is 0 Å². The van der Waals surface area contributed by atoms with Crippen molar-refractivity contribution in [2.45, 2.75) is 39.5 Å². The minimum absolute atomic E-state index is 0.143. The Balaban J connectivity index is 1.73. The highest BCUT2D eigenvalue weighted by Crippen LogP contribution is 2.27. The summed E-state index contributed by atoms with van der Waals surface area (Å²) in [6.07, 6.45) is 0. The van der Waals surface area contributed by atoms with E-state index in [9.17, 15) is 13.2 Å². The van der Waals surface area contributed by atoms with E-state index in [1.807, 2.05) is 65.0 Å². The maximum atomic E-state index is 13.5. The second-order valence-electron chi connectivity index (χ2n) is 8.56. The van der Waals surface area contributed by atoms with Gasteiger partial charge in [0.1, 0.15) is 18.9 Å². The third-order valence-corrected chi connectivity index (χ3v) is 7.46. The van der Waals surface area contributed by atoms with Crippen LogP contribution in [-0.2, 0) is 14.8 Å². The van der Waals surface area contributed by atoms with Crippen molar-refractivity contribution in [1.29, 1.82) is 0 Å². The van der Waals surface area contributed by atoms with Crippen LogP contribution in [0.5, 0.6) is 5.75 Å². The van der Waals surface area contributed by atoms with Crippen molar-refractivity contribution in [2.24, 2.45) is 0 Å². The molecule has 34 heavy (non-hydrogen) atoms. The van der Waals surface area contributed by atoms with Gasteiger partial charge in [-0.25, -0.2) is 8.42 Å². The van der Waals surface area contributed by atoms with Crippen LogP contribution in [0.25, 0.3) is 0 Å². The summed E-state index contributed by atoms with van der Waals surface area (Å²) in [5, 5.41) is 2.77. The van der Waals surface area contributed by atoms with E-state index in [1.54, 1.807) is 30.3 Å². The number of hydrogen-bond acceptors (Lipinski definition) is 4. The van der Waals surface area contributed by atoms with E-state index in [4.69, 9.17) is 4.74 Å². The van der Waals surface area contributed by atoms with E-state index >= 15 is 0 Å². The zero-order valence-corrected chi connectivity index (χ0v) is 21.2. The number of amides is 1. The first-order valence-electron chi connectivity index (χ1n) is 11.2. The van der Waals surface area contributed by atoms with E-state index in [2.05, 4.69) is 5.32 Å². The average molecular weight is 481 g/mol. The molecule has 7 heteroatoms. The molecular weight excluding hydrogens is 448 g/mol. The number of sulfonamides is 1. The number of hydrogen-bond donors (Lipinski definition) is 1. The summed E-state index contributed by atoms with van der Waals surface area (Å²) >= 11 is 0. The van der Waals surface area contributed by atoms with Crippen LogP contribution in [0.1, 0.15) is 27.8 Å². The SMILES string of the molecule is Cc1ccc(S(=O)(=O)N(CC(=O)NCCOc2ccc(C)c(C)c2)c2ccc(C)cc2C)cc1. The van der Waals surface area contributed by atoms with Gasteiger partial charge in [0.15, 0.2) is 0 Å². The molecule has 0 radical (unpaired) electrons. The highest BCUT2D eigenvalue weighted by Gasteiger charge is 2.28. The van der Waals surface area contributed by atoms with Crippen molar-refractivity contribution in [3.8, 4) is 5.75 Å². The minimum atomic E-state index is -3.94. The number of carbonyl (C=O) groups excluding carboxylic acids is 1. The number of aryl methyl sites for hydroxylation is 5. The molecule has 0 aliphatic rings. The van der Waals surface area contributed by atoms with Gasteiger partial charge in [0, 0.05) is 0 Å². The Bertz CT molecular complexity index is 1270. The van der Waals surface area contributed by atoms with Gasteiger partial charge in [-0.3, -0.25) is 9.10 Å². The van der Waals surface area contributed by atoms with E-state index in [0.29, 0.717) is 5.69 Å². The summed E-state index contributed by atoms with van der Waals surface area (Å²) in [5.74, 6) is 0.329. The first-order chi connectivity index (χ1) is 16.1. The molecule has 1 amide bonds. The second-order valence-corrected chi connectivity index (χ2v) is 10.4. The molecule has 0 aliphatic carbocycles. The highest BCUT2D eigenvalue weighted by molar-refractivity contribution is 7.92. The van der Waals surface area contributed by atoms with E-state index in [0.717, 1.165) is 28.0 Å². The quantitative estimate of drug-likeness (QED) is 0.454. The Morgan fingerprint density at radius 3 is 2.15 bits per heavy atom. The first-order valence-corrected chi connectivity index (χ1v) is 12.7. The fourth-order valence-corrected chi connectivity index (χ4v) is 5.06. The van der Waals surface area contributed by atoms with E-state index in [-0.39, 0.29) is 24.6 Å². The van der Waals surface area contributed by atoms with Crippen LogP contribution in [0, 0.1) is 34.6 Å². The summed E-state index contributed by atoms with van der Waals surface area (Å²) in [6.45, 7) is 9.94. The first kappa shape index (κ1) is 25.3. The molecule has 3 aromatic rings. The van der Waals surface area contributed by atoms with Gasteiger partial charge in [0.2, 0.25) is 5.91 Å². The summed E-state index contributed by atoms with van der Waals surface area (Å²) in [4.78, 5) is 12.9.